The number of nitrogens with zero attached hydrogens (tertiary/aromatic N) is 1. The lowest BCUT2D eigenvalue weighted by Crippen LogP contribution is -2.42. The summed E-state index contributed by atoms with van der Waals surface area (Å²) in [7, 11) is -3.51. The molecule has 1 aliphatic rings. The van der Waals surface area contributed by atoms with Crippen molar-refractivity contribution in [2.75, 3.05) is 13.1 Å². The largest absolute Gasteiger partial charge is 0.343 e. The summed E-state index contributed by atoms with van der Waals surface area (Å²) in [6, 6.07) is 11.2. The molecule has 2 aromatic heterocycles. The van der Waals surface area contributed by atoms with Crippen LogP contribution in [-0.2, 0) is 15.4 Å². The Kier molecular flexibility index (Phi) is 5.23. The number of fused-ring (bicyclic) bond motifs is 1. The first-order valence-electron chi connectivity index (χ1n) is 10.1. The second-order valence-corrected chi connectivity index (χ2v) is 10.4. The highest BCUT2D eigenvalue weighted by atomic mass is 32.2. The molecule has 3 aromatic rings. The molecule has 3 N–H and O–H groups in total. The normalized spacial score (nSPS) is 16.4. The Hall–Kier alpha value is -2.22. The molecule has 6 nitrogen and oxygen atoms in total. The summed E-state index contributed by atoms with van der Waals surface area (Å²) in [5.74, 6) is 0. The van der Waals surface area contributed by atoms with Crippen LogP contribution in [0.25, 0.3) is 22.2 Å². The first-order valence-corrected chi connectivity index (χ1v) is 11.5. The van der Waals surface area contributed by atoms with Crippen molar-refractivity contribution in [2.45, 2.75) is 50.0 Å². The molecule has 0 unspecified atom stereocenters. The molecule has 1 aromatic carbocycles. The molecule has 0 bridgehead atoms. The van der Waals surface area contributed by atoms with Gasteiger partial charge in [-0.1, -0.05) is 32.9 Å². The summed E-state index contributed by atoms with van der Waals surface area (Å²) in [5, 5.41) is 4.29. The van der Waals surface area contributed by atoms with E-state index >= 15 is 0 Å². The minimum Gasteiger partial charge on any atom is -0.343 e. The molecule has 0 radical (unpaired) electrons. The maximum Gasteiger partial charge on any atom is 0.240 e. The molecule has 3 heterocycles. The van der Waals surface area contributed by atoms with Gasteiger partial charge < -0.3 is 10.3 Å². The van der Waals surface area contributed by atoms with Gasteiger partial charge in [0.1, 0.15) is 5.65 Å². The minimum absolute atomic E-state index is 0.00331. The molecule has 0 amide bonds. The molecule has 0 aliphatic carbocycles. The van der Waals surface area contributed by atoms with Crippen LogP contribution in [0.3, 0.4) is 0 Å². The summed E-state index contributed by atoms with van der Waals surface area (Å²) in [5.41, 5.74) is 3.97. The maximum absolute atomic E-state index is 12.7. The summed E-state index contributed by atoms with van der Waals surface area (Å²) in [6.07, 6.45) is 3.41. The maximum atomic E-state index is 12.7. The van der Waals surface area contributed by atoms with E-state index in [9.17, 15) is 8.42 Å². The van der Waals surface area contributed by atoms with Gasteiger partial charge in [-0.25, -0.2) is 18.1 Å². The van der Waals surface area contributed by atoms with Crippen LogP contribution in [0.4, 0.5) is 0 Å². The number of H-pyrrole nitrogens is 1. The first-order chi connectivity index (χ1) is 13.7. The SMILES string of the molecule is CC(C)(C)c1cc2c(-c3ccc(S(=O)(=O)NC4CCNCC4)cc3)ccnc2[nH]1. The average molecular weight is 413 g/mol. The van der Waals surface area contributed by atoms with E-state index in [1.165, 1.54) is 0 Å². The van der Waals surface area contributed by atoms with Gasteiger partial charge in [-0.05, 0) is 61.3 Å². The van der Waals surface area contributed by atoms with Crippen LogP contribution < -0.4 is 10.0 Å². The Morgan fingerprint density at radius 1 is 1.07 bits per heavy atom. The van der Waals surface area contributed by atoms with Crippen LogP contribution in [0, 0.1) is 0 Å². The number of rotatable bonds is 4. The predicted molar refractivity (Wildman–Crippen MR) is 116 cm³/mol. The summed E-state index contributed by atoms with van der Waals surface area (Å²) < 4.78 is 28.3. The number of aromatic amines is 1. The molecular weight excluding hydrogens is 384 g/mol. The van der Waals surface area contributed by atoms with Gasteiger partial charge in [0.2, 0.25) is 10.0 Å². The van der Waals surface area contributed by atoms with Crippen molar-refractivity contribution in [3.63, 3.8) is 0 Å². The van der Waals surface area contributed by atoms with Crippen LogP contribution in [0.2, 0.25) is 0 Å². The van der Waals surface area contributed by atoms with Crippen LogP contribution in [0.1, 0.15) is 39.3 Å². The van der Waals surface area contributed by atoms with E-state index < -0.39 is 10.0 Å². The van der Waals surface area contributed by atoms with E-state index in [0.717, 1.165) is 53.8 Å². The van der Waals surface area contributed by atoms with Crippen molar-refractivity contribution in [3.05, 3.63) is 48.3 Å². The lowest BCUT2D eigenvalue weighted by atomic mass is 9.92. The van der Waals surface area contributed by atoms with Crippen LogP contribution >= 0.6 is 0 Å². The zero-order valence-electron chi connectivity index (χ0n) is 17.1. The van der Waals surface area contributed by atoms with Crippen molar-refractivity contribution in [1.82, 2.24) is 20.0 Å². The smallest absolute Gasteiger partial charge is 0.240 e. The zero-order chi connectivity index (χ0) is 20.6. The lowest BCUT2D eigenvalue weighted by molar-refractivity contribution is 0.427. The lowest BCUT2D eigenvalue weighted by Gasteiger charge is -2.23. The Labute approximate surface area is 172 Å². The molecule has 29 heavy (non-hydrogen) atoms. The van der Waals surface area contributed by atoms with Crippen LogP contribution in [0.5, 0.6) is 0 Å². The van der Waals surface area contributed by atoms with Gasteiger partial charge in [-0.3, -0.25) is 0 Å². The van der Waals surface area contributed by atoms with E-state index in [1.54, 1.807) is 18.3 Å². The third-order valence-corrected chi connectivity index (χ3v) is 7.01. The molecule has 1 fully saturated rings. The highest BCUT2D eigenvalue weighted by molar-refractivity contribution is 7.89. The molecule has 0 spiro atoms. The zero-order valence-corrected chi connectivity index (χ0v) is 17.9. The van der Waals surface area contributed by atoms with E-state index in [-0.39, 0.29) is 11.5 Å². The number of piperidine rings is 1. The molecule has 7 heteroatoms. The molecule has 1 saturated heterocycles. The monoisotopic (exact) mass is 412 g/mol. The van der Waals surface area contributed by atoms with E-state index in [0.29, 0.717) is 4.90 Å². The van der Waals surface area contributed by atoms with Gasteiger partial charge in [-0.15, -0.1) is 0 Å². The van der Waals surface area contributed by atoms with E-state index in [1.807, 2.05) is 18.2 Å². The summed E-state index contributed by atoms with van der Waals surface area (Å²) in [4.78, 5) is 8.16. The standard InChI is InChI=1S/C22H28N4O2S/c1-22(2,3)20-14-19-18(10-13-24-21(19)25-20)15-4-6-17(7-5-15)29(27,28)26-16-8-11-23-12-9-16/h4-7,10,13-14,16,23,26H,8-9,11-12H2,1-3H3,(H,24,25). The molecule has 4 rings (SSSR count). The highest BCUT2D eigenvalue weighted by Gasteiger charge is 2.22. The number of hydrogen-bond acceptors (Lipinski definition) is 4. The number of sulfonamides is 1. The molecule has 0 saturated carbocycles. The third kappa shape index (κ3) is 4.22. The van der Waals surface area contributed by atoms with Crippen molar-refractivity contribution < 1.29 is 8.42 Å². The molecular formula is C22H28N4O2S. The number of hydrogen-bond donors (Lipinski definition) is 3. The molecule has 154 valence electrons. The van der Waals surface area contributed by atoms with E-state index in [2.05, 4.69) is 46.8 Å². The quantitative estimate of drug-likeness (QED) is 0.612. The molecule has 1 aliphatic heterocycles. The highest BCUT2D eigenvalue weighted by Crippen LogP contribution is 2.32. The van der Waals surface area contributed by atoms with Crippen molar-refractivity contribution >= 4 is 21.1 Å². The van der Waals surface area contributed by atoms with Crippen molar-refractivity contribution in [3.8, 4) is 11.1 Å². The topological polar surface area (TPSA) is 86.9 Å². The average Bonchev–Trinajstić information content (AvgIpc) is 3.13. The Balaban J connectivity index is 1.63. The van der Waals surface area contributed by atoms with Gasteiger partial charge in [-0.2, -0.15) is 0 Å². The van der Waals surface area contributed by atoms with Crippen molar-refractivity contribution in [1.29, 1.82) is 0 Å². The van der Waals surface area contributed by atoms with Gasteiger partial charge in [0.15, 0.2) is 0 Å². The van der Waals surface area contributed by atoms with E-state index in [4.69, 9.17) is 0 Å². The third-order valence-electron chi connectivity index (χ3n) is 5.48. The van der Waals surface area contributed by atoms with Gasteiger partial charge >= 0.3 is 0 Å². The fraction of sp³-hybridized carbons (Fsp3) is 0.409. The Morgan fingerprint density at radius 3 is 2.41 bits per heavy atom. The second-order valence-electron chi connectivity index (χ2n) is 8.72. The second kappa shape index (κ2) is 7.55. The summed E-state index contributed by atoms with van der Waals surface area (Å²) >= 11 is 0. The number of pyridine rings is 1. The fourth-order valence-corrected chi connectivity index (χ4v) is 5.03. The van der Waals surface area contributed by atoms with Gasteiger partial charge in [0, 0.05) is 28.7 Å². The minimum atomic E-state index is -3.51. The van der Waals surface area contributed by atoms with Crippen LogP contribution in [-0.4, -0.2) is 37.5 Å². The Bertz CT molecular complexity index is 1110. The number of aromatic nitrogens is 2. The van der Waals surface area contributed by atoms with Gasteiger partial charge in [0.25, 0.3) is 0 Å². The first kappa shape index (κ1) is 20.1. The number of nitrogens with one attached hydrogen (secondary N) is 3. The number of benzene rings is 1. The summed E-state index contributed by atoms with van der Waals surface area (Å²) in [6.45, 7) is 8.17. The predicted octanol–water partition coefficient (Wildman–Crippen LogP) is 3.56. The molecule has 0 atom stereocenters. The van der Waals surface area contributed by atoms with Crippen LogP contribution in [0.15, 0.2) is 47.5 Å². The fourth-order valence-electron chi connectivity index (χ4n) is 3.72. The van der Waals surface area contributed by atoms with Crippen molar-refractivity contribution in [2.24, 2.45) is 0 Å². The van der Waals surface area contributed by atoms with Gasteiger partial charge in [0.05, 0.1) is 4.90 Å². The Morgan fingerprint density at radius 2 is 1.76 bits per heavy atom.